The van der Waals surface area contributed by atoms with Gasteiger partial charge in [0.25, 0.3) is 0 Å². The quantitative estimate of drug-likeness (QED) is 0.915. The van der Waals surface area contributed by atoms with Gasteiger partial charge in [0.05, 0.1) is 24.6 Å². The van der Waals surface area contributed by atoms with Crippen molar-refractivity contribution >= 4 is 11.4 Å². The van der Waals surface area contributed by atoms with Crippen molar-refractivity contribution in [2.24, 2.45) is 5.92 Å². The van der Waals surface area contributed by atoms with Crippen LogP contribution in [0.3, 0.4) is 0 Å². The van der Waals surface area contributed by atoms with Crippen LogP contribution < -0.4 is 10.2 Å². The normalized spacial score (nSPS) is 20.9. The predicted molar refractivity (Wildman–Crippen MR) is 81.5 cm³/mol. The molecule has 1 aromatic carbocycles. The topological polar surface area (TPSA) is 33.7 Å². The smallest absolute Gasteiger partial charge is 0.0642 e. The van der Waals surface area contributed by atoms with Crippen molar-refractivity contribution in [3.05, 3.63) is 24.3 Å². The fourth-order valence-electron chi connectivity index (χ4n) is 2.91. The highest BCUT2D eigenvalue weighted by Gasteiger charge is 2.16. The lowest BCUT2D eigenvalue weighted by atomic mass is 10.0. The van der Waals surface area contributed by atoms with Gasteiger partial charge in [0.2, 0.25) is 0 Å². The number of para-hydroxylation sites is 2. The maximum Gasteiger partial charge on any atom is 0.0642 e. The number of morpholine rings is 1. The number of benzene rings is 1. The Bertz CT molecular complexity index is 413. The molecule has 2 aliphatic rings. The Morgan fingerprint density at radius 1 is 1.00 bits per heavy atom. The first-order valence-electron chi connectivity index (χ1n) is 7.67. The first-order valence-corrected chi connectivity index (χ1v) is 7.67. The molecular formula is C16H24N2O2. The molecule has 0 radical (unpaired) electrons. The number of nitrogens with zero attached hydrogens (tertiary/aromatic N) is 1. The number of anilines is 2. The van der Waals surface area contributed by atoms with Crippen molar-refractivity contribution < 1.29 is 9.47 Å². The number of hydrogen-bond donors (Lipinski definition) is 1. The second-order valence-electron chi connectivity index (χ2n) is 5.55. The van der Waals surface area contributed by atoms with Crippen molar-refractivity contribution in [2.75, 3.05) is 56.3 Å². The Kier molecular flexibility index (Phi) is 4.77. The van der Waals surface area contributed by atoms with Crippen molar-refractivity contribution in [3.63, 3.8) is 0 Å². The number of hydrogen-bond acceptors (Lipinski definition) is 4. The van der Waals surface area contributed by atoms with Crippen LogP contribution in [-0.2, 0) is 9.47 Å². The first-order chi connectivity index (χ1) is 9.93. The molecule has 0 spiro atoms. The fourth-order valence-corrected chi connectivity index (χ4v) is 2.91. The highest BCUT2D eigenvalue weighted by molar-refractivity contribution is 5.70. The monoisotopic (exact) mass is 276 g/mol. The molecular weight excluding hydrogens is 252 g/mol. The molecule has 0 atom stereocenters. The standard InChI is InChI=1S/C16H24N2O2/c1-2-4-16(18-7-11-20-12-8-18)15(3-1)17-13-14-5-9-19-10-6-14/h1-4,14,17H,5-13H2. The molecule has 1 aromatic rings. The Labute approximate surface area is 121 Å². The number of rotatable bonds is 4. The van der Waals surface area contributed by atoms with Gasteiger partial charge in [-0.05, 0) is 30.9 Å². The van der Waals surface area contributed by atoms with E-state index in [9.17, 15) is 0 Å². The molecule has 1 N–H and O–H groups in total. The van der Waals surface area contributed by atoms with Crippen molar-refractivity contribution in [2.45, 2.75) is 12.8 Å². The summed E-state index contributed by atoms with van der Waals surface area (Å²) in [7, 11) is 0. The summed E-state index contributed by atoms with van der Waals surface area (Å²) < 4.78 is 10.9. The van der Waals surface area contributed by atoms with Crippen LogP contribution in [0, 0.1) is 5.92 Å². The van der Waals surface area contributed by atoms with Gasteiger partial charge in [-0.1, -0.05) is 12.1 Å². The molecule has 0 amide bonds. The molecule has 110 valence electrons. The van der Waals surface area contributed by atoms with Gasteiger partial charge in [-0.15, -0.1) is 0 Å². The third kappa shape index (κ3) is 3.44. The van der Waals surface area contributed by atoms with Gasteiger partial charge in [0, 0.05) is 32.8 Å². The van der Waals surface area contributed by atoms with E-state index in [-0.39, 0.29) is 0 Å². The van der Waals surface area contributed by atoms with E-state index in [2.05, 4.69) is 34.5 Å². The molecule has 20 heavy (non-hydrogen) atoms. The maximum atomic E-state index is 5.44. The van der Waals surface area contributed by atoms with Gasteiger partial charge in [-0.3, -0.25) is 0 Å². The van der Waals surface area contributed by atoms with E-state index < -0.39 is 0 Å². The minimum absolute atomic E-state index is 0.737. The van der Waals surface area contributed by atoms with Crippen LogP contribution in [0.1, 0.15) is 12.8 Å². The summed E-state index contributed by atoms with van der Waals surface area (Å²) in [6, 6.07) is 8.61. The van der Waals surface area contributed by atoms with Gasteiger partial charge < -0.3 is 19.7 Å². The van der Waals surface area contributed by atoms with E-state index in [1.807, 2.05) is 0 Å². The van der Waals surface area contributed by atoms with Crippen LogP contribution in [0.4, 0.5) is 11.4 Å². The van der Waals surface area contributed by atoms with E-state index in [1.54, 1.807) is 0 Å². The molecule has 2 saturated heterocycles. The predicted octanol–water partition coefficient (Wildman–Crippen LogP) is 2.36. The van der Waals surface area contributed by atoms with Gasteiger partial charge in [-0.2, -0.15) is 0 Å². The van der Waals surface area contributed by atoms with E-state index >= 15 is 0 Å². The Morgan fingerprint density at radius 3 is 2.50 bits per heavy atom. The zero-order chi connectivity index (χ0) is 13.6. The number of nitrogens with one attached hydrogen (secondary N) is 1. The summed E-state index contributed by atoms with van der Waals surface area (Å²) in [5, 5.41) is 3.64. The second-order valence-corrected chi connectivity index (χ2v) is 5.55. The molecule has 4 nitrogen and oxygen atoms in total. The minimum atomic E-state index is 0.737. The van der Waals surface area contributed by atoms with Gasteiger partial charge in [0.1, 0.15) is 0 Å². The average molecular weight is 276 g/mol. The van der Waals surface area contributed by atoms with E-state index in [0.717, 1.165) is 52.0 Å². The molecule has 0 aromatic heterocycles. The third-order valence-corrected chi connectivity index (χ3v) is 4.18. The van der Waals surface area contributed by atoms with E-state index in [1.165, 1.54) is 24.2 Å². The van der Waals surface area contributed by atoms with Crippen LogP contribution >= 0.6 is 0 Å². The first kappa shape index (κ1) is 13.7. The summed E-state index contributed by atoms with van der Waals surface area (Å²) in [5.74, 6) is 0.737. The molecule has 2 aliphatic heterocycles. The van der Waals surface area contributed by atoms with Crippen LogP contribution in [0.2, 0.25) is 0 Å². The maximum absolute atomic E-state index is 5.44. The summed E-state index contributed by atoms with van der Waals surface area (Å²) in [4.78, 5) is 2.41. The van der Waals surface area contributed by atoms with Crippen molar-refractivity contribution in [1.82, 2.24) is 0 Å². The molecule has 0 unspecified atom stereocenters. The van der Waals surface area contributed by atoms with Gasteiger partial charge in [0.15, 0.2) is 0 Å². The van der Waals surface area contributed by atoms with Crippen LogP contribution in [-0.4, -0.2) is 46.1 Å². The minimum Gasteiger partial charge on any atom is -0.383 e. The lowest BCUT2D eigenvalue weighted by molar-refractivity contribution is 0.0699. The zero-order valence-corrected chi connectivity index (χ0v) is 12.0. The van der Waals surface area contributed by atoms with E-state index in [4.69, 9.17) is 9.47 Å². The van der Waals surface area contributed by atoms with Gasteiger partial charge >= 0.3 is 0 Å². The zero-order valence-electron chi connectivity index (χ0n) is 12.0. The molecule has 2 fully saturated rings. The third-order valence-electron chi connectivity index (χ3n) is 4.18. The highest BCUT2D eigenvalue weighted by atomic mass is 16.5. The molecule has 0 aliphatic carbocycles. The molecule has 2 heterocycles. The van der Waals surface area contributed by atoms with Crippen LogP contribution in [0.5, 0.6) is 0 Å². The Balaban J connectivity index is 1.62. The fraction of sp³-hybridized carbons (Fsp3) is 0.625. The molecule has 0 saturated carbocycles. The summed E-state index contributed by atoms with van der Waals surface area (Å²) in [6.45, 7) is 6.49. The lowest BCUT2D eigenvalue weighted by Crippen LogP contribution is -2.36. The SMILES string of the molecule is c1ccc(N2CCOCC2)c(NCC2CCOCC2)c1. The van der Waals surface area contributed by atoms with Crippen molar-refractivity contribution in [3.8, 4) is 0 Å². The van der Waals surface area contributed by atoms with Crippen LogP contribution in [0.15, 0.2) is 24.3 Å². The molecule has 0 bridgehead atoms. The largest absolute Gasteiger partial charge is 0.383 e. The van der Waals surface area contributed by atoms with Crippen molar-refractivity contribution in [1.29, 1.82) is 0 Å². The summed E-state index contributed by atoms with van der Waals surface area (Å²) in [6.07, 6.45) is 2.35. The Hall–Kier alpha value is -1.26. The molecule has 3 rings (SSSR count). The average Bonchev–Trinajstić information content (AvgIpc) is 2.55. The van der Waals surface area contributed by atoms with E-state index in [0.29, 0.717) is 0 Å². The second kappa shape index (κ2) is 6.95. The summed E-state index contributed by atoms with van der Waals surface area (Å²) >= 11 is 0. The van der Waals surface area contributed by atoms with Crippen LogP contribution in [0.25, 0.3) is 0 Å². The highest BCUT2D eigenvalue weighted by Crippen LogP contribution is 2.27. The van der Waals surface area contributed by atoms with Gasteiger partial charge in [-0.25, -0.2) is 0 Å². The molecule has 4 heteroatoms. The summed E-state index contributed by atoms with van der Waals surface area (Å²) in [5.41, 5.74) is 2.56. The number of ether oxygens (including phenoxy) is 2. The lowest BCUT2D eigenvalue weighted by Gasteiger charge is -2.31. The Morgan fingerprint density at radius 2 is 1.70 bits per heavy atom.